The fourth-order valence-electron chi connectivity index (χ4n) is 6.75. The van der Waals surface area contributed by atoms with Gasteiger partial charge in [-0.1, -0.05) is 114 Å². The Morgan fingerprint density at radius 2 is 1.02 bits per heavy atom. The van der Waals surface area contributed by atoms with E-state index in [1.54, 1.807) is 24.3 Å². The summed E-state index contributed by atoms with van der Waals surface area (Å²) in [7, 11) is 4.40. The van der Waals surface area contributed by atoms with Crippen LogP contribution in [0.1, 0.15) is 149 Å². The Kier molecular flexibility index (Phi) is 14.6. The van der Waals surface area contributed by atoms with Crippen LogP contribution in [0.5, 0.6) is 0 Å². The molecule has 0 radical (unpaired) electrons. The zero-order valence-corrected chi connectivity index (χ0v) is 32.7. The second-order valence-corrected chi connectivity index (χ2v) is 19.2. The molecule has 4 aliphatic rings. The number of carbonyl (C=O) groups excluding carboxylic acids is 2. The van der Waals surface area contributed by atoms with E-state index in [0.717, 1.165) is 24.2 Å². The van der Waals surface area contributed by atoms with E-state index < -0.39 is 0 Å². The lowest BCUT2D eigenvalue weighted by Crippen LogP contribution is -2.49. The van der Waals surface area contributed by atoms with Crippen molar-refractivity contribution >= 4 is 11.8 Å². The van der Waals surface area contributed by atoms with Crippen molar-refractivity contribution in [3.63, 3.8) is 0 Å². The molecule has 1 saturated carbocycles. The van der Waals surface area contributed by atoms with Gasteiger partial charge in [-0.25, -0.2) is 0 Å². The first kappa shape index (κ1) is 40.5. The molecule has 0 N–H and O–H groups in total. The van der Waals surface area contributed by atoms with Crippen LogP contribution in [0.3, 0.4) is 0 Å². The van der Waals surface area contributed by atoms with Crippen LogP contribution in [0.4, 0.5) is 0 Å². The predicted octanol–water partition coefficient (Wildman–Crippen LogP) is 9.91. The molecule has 46 heavy (non-hydrogen) atoms. The Morgan fingerprint density at radius 3 is 1.30 bits per heavy atom. The number of nitrogens with zero attached hydrogens (tertiary/aromatic N) is 3. The number of amides is 2. The van der Waals surface area contributed by atoms with Gasteiger partial charge >= 0.3 is 0 Å². The van der Waals surface area contributed by atoms with Crippen LogP contribution in [-0.2, 0) is 0 Å². The maximum atomic E-state index is 12.0. The molecule has 5 nitrogen and oxygen atoms in total. The molecule has 0 bridgehead atoms. The van der Waals surface area contributed by atoms with Crippen LogP contribution in [-0.4, -0.2) is 73.3 Å². The smallest absolute Gasteiger partial charge is 0.261 e. The van der Waals surface area contributed by atoms with Crippen molar-refractivity contribution in [3.05, 3.63) is 35.4 Å². The third-order valence-corrected chi connectivity index (χ3v) is 10.7. The third kappa shape index (κ3) is 13.1. The number of hydrogen-bond acceptors (Lipinski definition) is 4. The molecule has 2 amide bonds. The zero-order valence-electron chi connectivity index (χ0n) is 32.7. The van der Waals surface area contributed by atoms with Crippen molar-refractivity contribution in [2.45, 2.75) is 128 Å². The summed E-state index contributed by atoms with van der Waals surface area (Å²) in [4.78, 5) is 30.2. The number of benzene rings is 1. The highest BCUT2D eigenvalue weighted by atomic mass is 16.2. The number of carbonyl (C=O) groups is 2. The van der Waals surface area contributed by atoms with Gasteiger partial charge in [-0.05, 0) is 97.9 Å². The Bertz CT molecular complexity index is 1040. The van der Waals surface area contributed by atoms with Crippen LogP contribution < -0.4 is 0 Å². The number of imide groups is 1. The van der Waals surface area contributed by atoms with E-state index in [1.165, 1.54) is 69.6 Å². The second kappa shape index (κ2) is 16.6. The molecule has 1 aliphatic carbocycles. The summed E-state index contributed by atoms with van der Waals surface area (Å²) < 4.78 is 0. The minimum Gasteiger partial charge on any atom is -0.306 e. The zero-order chi connectivity index (χ0) is 35.1. The highest BCUT2D eigenvalue weighted by molar-refractivity contribution is 6.21. The van der Waals surface area contributed by atoms with Crippen molar-refractivity contribution < 1.29 is 9.59 Å². The summed E-state index contributed by atoms with van der Waals surface area (Å²) in [6, 6.07) is 7.01. The minimum absolute atomic E-state index is 0.120. The number of rotatable bonds is 2. The van der Waals surface area contributed by atoms with E-state index in [0.29, 0.717) is 33.9 Å². The Hall–Kier alpha value is -1.72. The van der Waals surface area contributed by atoms with Crippen molar-refractivity contribution in [1.29, 1.82) is 0 Å². The van der Waals surface area contributed by atoms with E-state index in [-0.39, 0.29) is 17.2 Å². The van der Waals surface area contributed by atoms with E-state index in [4.69, 9.17) is 0 Å². The Balaban J connectivity index is 0.000000222. The lowest BCUT2D eigenvalue weighted by atomic mass is 9.72. The maximum absolute atomic E-state index is 12.0. The quantitative estimate of drug-likeness (QED) is 0.302. The highest BCUT2D eigenvalue weighted by Crippen LogP contribution is 2.37. The van der Waals surface area contributed by atoms with Gasteiger partial charge in [-0.15, -0.1) is 0 Å². The molecule has 5 heteroatoms. The molecule has 2 saturated heterocycles. The summed E-state index contributed by atoms with van der Waals surface area (Å²) in [6.07, 6.45) is 9.59. The largest absolute Gasteiger partial charge is 0.306 e. The van der Waals surface area contributed by atoms with Gasteiger partial charge in [0.1, 0.15) is 0 Å². The molecule has 3 fully saturated rings. The Morgan fingerprint density at radius 1 is 0.587 bits per heavy atom. The fourth-order valence-corrected chi connectivity index (χ4v) is 6.75. The van der Waals surface area contributed by atoms with Crippen molar-refractivity contribution in [3.8, 4) is 0 Å². The predicted molar refractivity (Wildman–Crippen MR) is 197 cm³/mol. The molecule has 1 aromatic rings. The van der Waals surface area contributed by atoms with Gasteiger partial charge in [0.25, 0.3) is 11.8 Å². The molecular formula is C41H73N3O2. The standard InChI is InChI=1S/C14H17NO2.C10H20.C9H19N.C8H17N/c1-14(2,3)8-9-15-12(16)10-6-4-5-7-11(10)13(15)17;1-10(2,3)9-7-5-4-6-8-9;1-9(2,3)8-5-6-10(4)7-8;1-8(2,3)7-5-9(4)6-7/h4-7H,8-9H2,1-3H3;9H,4-8H2,1-3H3;8H,5-7H2,1-4H3;7H,5-6H2,1-4H3. The van der Waals surface area contributed by atoms with Gasteiger partial charge in [0.05, 0.1) is 11.1 Å². The van der Waals surface area contributed by atoms with Crippen LogP contribution >= 0.6 is 0 Å². The summed E-state index contributed by atoms with van der Waals surface area (Å²) in [5.41, 5.74) is 2.81. The fraction of sp³-hybridized carbons (Fsp3) is 0.805. The van der Waals surface area contributed by atoms with E-state index in [2.05, 4.69) is 107 Å². The van der Waals surface area contributed by atoms with Gasteiger partial charge in [-0.3, -0.25) is 14.5 Å². The second-order valence-electron chi connectivity index (χ2n) is 19.2. The van der Waals surface area contributed by atoms with Crippen LogP contribution in [0, 0.1) is 39.4 Å². The van der Waals surface area contributed by atoms with E-state index in [1.807, 2.05) is 0 Å². The van der Waals surface area contributed by atoms with Crippen LogP contribution in [0.15, 0.2) is 24.3 Å². The number of likely N-dealkylation sites (tertiary alicyclic amines) is 2. The molecule has 1 unspecified atom stereocenters. The Labute approximate surface area is 285 Å². The van der Waals surface area contributed by atoms with Gasteiger partial charge in [0.2, 0.25) is 0 Å². The van der Waals surface area contributed by atoms with Crippen molar-refractivity contribution in [2.24, 2.45) is 39.4 Å². The molecule has 3 heterocycles. The van der Waals surface area contributed by atoms with Gasteiger partial charge in [-0.2, -0.15) is 0 Å². The maximum Gasteiger partial charge on any atom is 0.261 e. The summed E-state index contributed by atoms with van der Waals surface area (Å²) in [5.74, 6) is 2.53. The first-order chi connectivity index (χ1) is 21.0. The van der Waals surface area contributed by atoms with Crippen LogP contribution in [0.2, 0.25) is 0 Å². The SMILES string of the molecule is CC(C)(C)C1CCCCC1.CC(C)(C)CCN1C(=O)c2ccccc2C1=O.CN1CC(C(C)(C)C)C1.CN1CCC(C(C)(C)C)C1. The summed E-state index contributed by atoms with van der Waals surface area (Å²) in [6.45, 7) is 33.1. The molecule has 1 atom stereocenters. The molecular weight excluding hydrogens is 566 g/mol. The van der Waals surface area contributed by atoms with Crippen molar-refractivity contribution in [1.82, 2.24) is 14.7 Å². The topological polar surface area (TPSA) is 43.9 Å². The van der Waals surface area contributed by atoms with E-state index in [9.17, 15) is 9.59 Å². The lowest BCUT2D eigenvalue weighted by Gasteiger charge is -2.44. The average molecular weight is 640 g/mol. The normalized spacial score (nSPS) is 21.8. The highest BCUT2D eigenvalue weighted by Gasteiger charge is 2.35. The van der Waals surface area contributed by atoms with Crippen molar-refractivity contribution in [2.75, 3.05) is 46.8 Å². The number of hydrogen-bond donors (Lipinski definition) is 0. The number of fused-ring (bicyclic) bond motifs is 1. The molecule has 5 rings (SSSR count). The lowest BCUT2D eigenvalue weighted by molar-refractivity contribution is 0.0459. The molecule has 0 aromatic heterocycles. The molecule has 264 valence electrons. The first-order valence-corrected chi connectivity index (χ1v) is 18.3. The van der Waals surface area contributed by atoms with Gasteiger partial charge in [0.15, 0.2) is 0 Å². The van der Waals surface area contributed by atoms with Gasteiger partial charge < -0.3 is 9.80 Å². The first-order valence-electron chi connectivity index (χ1n) is 18.3. The summed E-state index contributed by atoms with van der Waals surface area (Å²) >= 11 is 0. The minimum atomic E-state index is -0.158. The average Bonchev–Trinajstić information content (AvgIpc) is 3.47. The molecule has 0 spiro atoms. The monoisotopic (exact) mass is 640 g/mol. The van der Waals surface area contributed by atoms with Crippen LogP contribution in [0.25, 0.3) is 0 Å². The molecule has 1 aromatic carbocycles. The van der Waals surface area contributed by atoms with Gasteiger partial charge in [0, 0.05) is 26.2 Å². The van der Waals surface area contributed by atoms with E-state index >= 15 is 0 Å². The third-order valence-electron chi connectivity index (χ3n) is 10.7. The molecule has 3 aliphatic heterocycles. The summed E-state index contributed by atoms with van der Waals surface area (Å²) in [5, 5.41) is 0.